The number of nitrogens with one attached hydrogen (secondary N) is 1. The van der Waals surface area contributed by atoms with Crippen molar-refractivity contribution < 1.29 is 24.2 Å². The number of carbonyl (C=O) groups excluding carboxylic acids is 1. The summed E-state index contributed by atoms with van der Waals surface area (Å²) < 4.78 is 11.0. The van der Waals surface area contributed by atoms with E-state index < -0.39 is 11.4 Å². The van der Waals surface area contributed by atoms with Crippen LogP contribution >= 0.6 is 0 Å². The van der Waals surface area contributed by atoms with Crippen molar-refractivity contribution in [3.8, 4) is 11.5 Å². The van der Waals surface area contributed by atoms with Crippen LogP contribution in [0.1, 0.15) is 25.7 Å². The highest BCUT2D eigenvalue weighted by atomic mass is 16.6. The monoisotopic (exact) mass is 291 g/mol. The molecule has 2 aliphatic rings. The number of anilines is 1. The van der Waals surface area contributed by atoms with Gasteiger partial charge in [-0.05, 0) is 25.0 Å². The van der Waals surface area contributed by atoms with Crippen LogP contribution in [-0.2, 0) is 9.59 Å². The van der Waals surface area contributed by atoms with Gasteiger partial charge in [0.05, 0.1) is 11.1 Å². The van der Waals surface area contributed by atoms with E-state index in [1.54, 1.807) is 18.2 Å². The number of rotatable bonds is 4. The zero-order chi connectivity index (χ0) is 14.9. The number of hydrogen-bond acceptors (Lipinski definition) is 4. The Labute approximate surface area is 122 Å². The summed E-state index contributed by atoms with van der Waals surface area (Å²) in [5, 5.41) is 12.0. The number of aliphatic carboxylic acids is 1. The Morgan fingerprint density at radius 1 is 1.24 bits per heavy atom. The van der Waals surface area contributed by atoms with Gasteiger partial charge in [0.15, 0.2) is 11.5 Å². The average Bonchev–Trinajstić information content (AvgIpc) is 2.43. The fourth-order valence-corrected chi connectivity index (χ4v) is 2.74. The zero-order valence-electron chi connectivity index (χ0n) is 11.6. The molecular weight excluding hydrogens is 274 g/mol. The maximum Gasteiger partial charge on any atom is 0.310 e. The number of para-hydroxylation sites is 1. The van der Waals surface area contributed by atoms with Crippen molar-refractivity contribution in [2.24, 2.45) is 5.41 Å². The molecule has 0 bridgehead atoms. The number of carboxylic acid groups (broad SMARTS) is 1. The quantitative estimate of drug-likeness (QED) is 0.886. The van der Waals surface area contributed by atoms with E-state index in [-0.39, 0.29) is 12.3 Å². The second-order valence-corrected chi connectivity index (χ2v) is 5.49. The van der Waals surface area contributed by atoms with Crippen molar-refractivity contribution in [1.82, 2.24) is 0 Å². The molecule has 1 fully saturated rings. The highest BCUT2D eigenvalue weighted by molar-refractivity contribution is 5.96. The summed E-state index contributed by atoms with van der Waals surface area (Å²) >= 11 is 0. The molecule has 1 amide bonds. The Kier molecular flexibility index (Phi) is 3.45. The Bertz CT molecular complexity index is 579. The topological polar surface area (TPSA) is 84.9 Å². The normalized spacial score (nSPS) is 18.5. The average molecular weight is 291 g/mol. The number of amides is 1. The third kappa shape index (κ3) is 2.53. The number of carboxylic acids is 1. The molecule has 0 saturated heterocycles. The fraction of sp³-hybridized carbons (Fsp3) is 0.467. The number of carbonyl (C=O) groups is 2. The van der Waals surface area contributed by atoms with Gasteiger partial charge in [-0.2, -0.15) is 0 Å². The minimum Gasteiger partial charge on any atom is -0.486 e. The molecule has 0 unspecified atom stereocenters. The highest BCUT2D eigenvalue weighted by Gasteiger charge is 2.46. The molecule has 1 aliphatic heterocycles. The molecule has 1 aromatic rings. The zero-order valence-corrected chi connectivity index (χ0v) is 11.6. The SMILES string of the molecule is O=C(CC1(C(=O)O)CCC1)Nc1cccc2c1OCCO2. The maximum atomic E-state index is 12.1. The summed E-state index contributed by atoms with van der Waals surface area (Å²) in [5.74, 6) is -0.0935. The van der Waals surface area contributed by atoms with E-state index in [9.17, 15) is 14.7 Å². The highest BCUT2D eigenvalue weighted by Crippen LogP contribution is 2.45. The van der Waals surface area contributed by atoms with Gasteiger partial charge in [-0.25, -0.2) is 0 Å². The second-order valence-electron chi connectivity index (χ2n) is 5.49. The molecule has 3 rings (SSSR count). The molecule has 21 heavy (non-hydrogen) atoms. The second kappa shape index (κ2) is 5.27. The van der Waals surface area contributed by atoms with Gasteiger partial charge in [0.1, 0.15) is 13.2 Å². The van der Waals surface area contributed by atoms with Crippen molar-refractivity contribution in [3.05, 3.63) is 18.2 Å². The van der Waals surface area contributed by atoms with Crippen LogP contribution in [0.3, 0.4) is 0 Å². The maximum absolute atomic E-state index is 12.1. The summed E-state index contributed by atoms with van der Waals surface area (Å²) in [6.45, 7) is 0.908. The lowest BCUT2D eigenvalue weighted by molar-refractivity contribution is -0.157. The Morgan fingerprint density at radius 2 is 2.00 bits per heavy atom. The Balaban J connectivity index is 1.72. The standard InChI is InChI=1S/C15H17NO5/c17-12(9-15(14(18)19)5-2-6-15)16-10-3-1-4-11-13(10)21-8-7-20-11/h1,3-4H,2,5-9H2,(H,16,17)(H,18,19). The summed E-state index contributed by atoms with van der Waals surface area (Å²) in [4.78, 5) is 23.4. The van der Waals surface area contributed by atoms with E-state index in [1.165, 1.54) is 0 Å². The van der Waals surface area contributed by atoms with Gasteiger partial charge in [-0.3, -0.25) is 9.59 Å². The van der Waals surface area contributed by atoms with Gasteiger partial charge in [-0.1, -0.05) is 12.5 Å². The molecule has 1 aliphatic carbocycles. The molecule has 2 N–H and O–H groups in total. The van der Waals surface area contributed by atoms with Crippen LogP contribution in [0.5, 0.6) is 11.5 Å². The summed E-state index contributed by atoms with van der Waals surface area (Å²) in [6.07, 6.45) is 1.97. The lowest BCUT2D eigenvalue weighted by Crippen LogP contribution is -2.41. The van der Waals surface area contributed by atoms with Crippen LogP contribution in [0.4, 0.5) is 5.69 Å². The van der Waals surface area contributed by atoms with Crippen LogP contribution in [0.2, 0.25) is 0 Å². The van der Waals surface area contributed by atoms with Gasteiger partial charge < -0.3 is 19.9 Å². The van der Waals surface area contributed by atoms with E-state index in [1.807, 2.05) is 0 Å². The molecular formula is C15H17NO5. The predicted octanol–water partition coefficient (Wildman–Crippen LogP) is 2.04. The van der Waals surface area contributed by atoms with Gasteiger partial charge >= 0.3 is 5.97 Å². The molecule has 6 nitrogen and oxygen atoms in total. The van der Waals surface area contributed by atoms with Crippen LogP contribution < -0.4 is 14.8 Å². The summed E-state index contributed by atoms with van der Waals surface area (Å²) in [7, 11) is 0. The third-order valence-electron chi connectivity index (χ3n) is 4.10. The smallest absolute Gasteiger partial charge is 0.310 e. The minimum atomic E-state index is -0.893. The molecule has 1 saturated carbocycles. The molecule has 6 heteroatoms. The van der Waals surface area contributed by atoms with Crippen LogP contribution in [-0.4, -0.2) is 30.2 Å². The Hall–Kier alpha value is -2.24. The van der Waals surface area contributed by atoms with Crippen molar-refractivity contribution >= 4 is 17.6 Å². The fourth-order valence-electron chi connectivity index (χ4n) is 2.74. The first-order chi connectivity index (χ1) is 10.1. The number of fused-ring (bicyclic) bond motifs is 1. The van der Waals surface area contributed by atoms with Crippen molar-refractivity contribution in [2.75, 3.05) is 18.5 Å². The summed E-state index contributed by atoms with van der Waals surface area (Å²) in [5.41, 5.74) is -0.368. The third-order valence-corrected chi connectivity index (χ3v) is 4.10. The van der Waals surface area contributed by atoms with Gasteiger partial charge in [-0.15, -0.1) is 0 Å². The minimum absolute atomic E-state index is 0.00709. The lowest BCUT2D eigenvalue weighted by atomic mass is 9.66. The van der Waals surface area contributed by atoms with E-state index in [4.69, 9.17) is 9.47 Å². The molecule has 1 aromatic carbocycles. The van der Waals surface area contributed by atoms with Gasteiger partial charge in [0.25, 0.3) is 0 Å². The van der Waals surface area contributed by atoms with Crippen molar-refractivity contribution in [1.29, 1.82) is 0 Å². The van der Waals surface area contributed by atoms with E-state index in [0.717, 1.165) is 6.42 Å². The number of benzene rings is 1. The van der Waals surface area contributed by atoms with Crippen LogP contribution in [0.15, 0.2) is 18.2 Å². The van der Waals surface area contributed by atoms with E-state index >= 15 is 0 Å². The molecule has 0 spiro atoms. The lowest BCUT2D eigenvalue weighted by Gasteiger charge is -2.37. The first-order valence-corrected chi connectivity index (χ1v) is 7.03. The van der Waals surface area contributed by atoms with Gasteiger partial charge in [0.2, 0.25) is 5.91 Å². The predicted molar refractivity (Wildman–Crippen MR) is 74.6 cm³/mol. The molecule has 0 atom stereocenters. The van der Waals surface area contributed by atoms with E-state index in [2.05, 4.69) is 5.32 Å². The van der Waals surface area contributed by atoms with Crippen LogP contribution in [0.25, 0.3) is 0 Å². The van der Waals surface area contributed by atoms with Gasteiger partial charge in [0, 0.05) is 6.42 Å². The first kappa shape index (κ1) is 13.7. The molecule has 1 heterocycles. The molecule has 0 aromatic heterocycles. The van der Waals surface area contributed by atoms with E-state index in [0.29, 0.717) is 43.2 Å². The Morgan fingerprint density at radius 3 is 2.67 bits per heavy atom. The van der Waals surface area contributed by atoms with Crippen molar-refractivity contribution in [2.45, 2.75) is 25.7 Å². The van der Waals surface area contributed by atoms with Crippen molar-refractivity contribution in [3.63, 3.8) is 0 Å². The van der Waals surface area contributed by atoms with Crippen LogP contribution in [0, 0.1) is 5.41 Å². The molecule has 112 valence electrons. The largest absolute Gasteiger partial charge is 0.486 e. The number of hydrogen-bond donors (Lipinski definition) is 2. The summed E-state index contributed by atoms with van der Waals surface area (Å²) in [6, 6.07) is 5.26. The number of ether oxygens (including phenoxy) is 2. The molecule has 0 radical (unpaired) electrons. The first-order valence-electron chi connectivity index (χ1n) is 7.03.